The third-order valence-corrected chi connectivity index (χ3v) is 5.52. The number of hydrogen-bond donors (Lipinski definition) is 0. The summed E-state index contributed by atoms with van der Waals surface area (Å²) in [6.45, 7) is 1.59. The van der Waals surface area contributed by atoms with Gasteiger partial charge in [0.1, 0.15) is 12.3 Å². The summed E-state index contributed by atoms with van der Waals surface area (Å²) in [5.41, 5.74) is 1.33. The van der Waals surface area contributed by atoms with Gasteiger partial charge in [-0.3, -0.25) is 9.10 Å². The summed E-state index contributed by atoms with van der Waals surface area (Å²) >= 11 is 0. The summed E-state index contributed by atoms with van der Waals surface area (Å²) in [6.07, 6.45) is 0. The standard InChI is InChI=1S/C18H22N2O4S/c1-14-8-10-17(11-9-14)25(22,23)20(13-18(21)19(2)3)15-6-5-7-16(12-15)24-4/h5-12H,13H2,1-4H3. The molecule has 0 radical (unpaired) electrons. The summed E-state index contributed by atoms with van der Waals surface area (Å²) < 4.78 is 32.5. The predicted octanol–water partition coefficient (Wildman–Crippen LogP) is 2.29. The van der Waals surface area contributed by atoms with E-state index in [0.29, 0.717) is 11.4 Å². The first kappa shape index (κ1) is 18.8. The Morgan fingerprint density at radius 1 is 1.08 bits per heavy atom. The van der Waals surface area contributed by atoms with Gasteiger partial charge in [0.25, 0.3) is 10.0 Å². The number of nitrogens with zero attached hydrogens (tertiary/aromatic N) is 2. The van der Waals surface area contributed by atoms with Crippen molar-refractivity contribution in [1.82, 2.24) is 4.90 Å². The van der Waals surface area contributed by atoms with Gasteiger partial charge in [0.05, 0.1) is 17.7 Å². The number of carbonyl (C=O) groups excluding carboxylic acids is 1. The molecule has 0 saturated carbocycles. The van der Waals surface area contributed by atoms with Crippen LogP contribution in [-0.2, 0) is 14.8 Å². The minimum absolute atomic E-state index is 0.132. The molecule has 0 fully saturated rings. The van der Waals surface area contributed by atoms with Crippen LogP contribution in [0.3, 0.4) is 0 Å². The molecule has 0 aliphatic carbocycles. The third-order valence-electron chi connectivity index (χ3n) is 3.73. The molecule has 0 atom stereocenters. The van der Waals surface area contributed by atoms with Gasteiger partial charge in [-0.2, -0.15) is 0 Å². The van der Waals surface area contributed by atoms with Crippen LogP contribution < -0.4 is 9.04 Å². The van der Waals surface area contributed by atoms with E-state index in [4.69, 9.17) is 4.74 Å². The molecule has 0 unspecified atom stereocenters. The predicted molar refractivity (Wildman–Crippen MR) is 97.4 cm³/mol. The molecule has 2 aromatic carbocycles. The zero-order chi connectivity index (χ0) is 18.6. The van der Waals surface area contributed by atoms with Gasteiger partial charge in [-0.1, -0.05) is 23.8 Å². The lowest BCUT2D eigenvalue weighted by molar-refractivity contribution is -0.127. The number of amides is 1. The van der Waals surface area contributed by atoms with Gasteiger partial charge in [-0.25, -0.2) is 8.42 Å². The lowest BCUT2D eigenvalue weighted by Gasteiger charge is -2.25. The summed E-state index contributed by atoms with van der Waals surface area (Å²) in [6, 6.07) is 13.2. The van der Waals surface area contributed by atoms with Crippen LogP contribution in [0.2, 0.25) is 0 Å². The Balaban J connectivity index is 2.53. The van der Waals surface area contributed by atoms with E-state index in [0.717, 1.165) is 9.87 Å². The molecule has 2 aromatic rings. The van der Waals surface area contributed by atoms with E-state index in [-0.39, 0.29) is 17.3 Å². The van der Waals surface area contributed by atoms with Crippen LogP contribution in [0.25, 0.3) is 0 Å². The van der Waals surface area contributed by atoms with Crippen molar-refractivity contribution < 1.29 is 17.9 Å². The van der Waals surface area contributed by atoms with Gasteiger partial charge in [0, 0.05) is 20.2 Å². The summed E-state index contributed by atoms with van der Waals surface area (Å²) in [7, 11) is 0.784. The van der Waals surface area contributed by atoms with E-state index in [2.05, 4.69) is 0 Å². The molecule has 0 saturated heterocycles. The molecule has 1 amide bonds. The van der Waals surface area contributed by atoms with E-state index in [1.165, 1.54) is 24.1 Å². The second-order valence-electron chi connectivity index (χ2n) is 5.81. The molecule has 0 heterocycles. The quantitative estimate of drug-likeness (QED) is 0.791. The maximum absolute atomic E-state index is 13.1. The van der Waals surface area contributed by atoms with E-state index < -0.39 is 10.0 Å². The second kappa shape index (κ2) is 7.57. The Morgan fingerprint density at radius 3 is 2.28 bits per heavy atom. The number of benzene rings is 2. The lowest BCUT2D eigenvalue weighted by Crippen LogP contribution is -2.40. The number of aryl methyl sites for hydroxylation is 1. The minimum atomic E-state index is -3.89. The first-order valence-electron chi connectivity index (χ1n) is 7.69. The van der Waals surface area contributed by atoms with E-state index in [9.17, 15) is 13.2 Å². The number of rotatable bonds is 6. The second-order valence-corrected chi connectivity index (χ2v) is 7.68. The van der Waals surface area contributed by atoms with Crippen molar-refractivity contribution in [2.75, 3.05) is 32.1 Å². The molecule has 0 aromatic heterocycles. The first-order valence-corrected chi connectivity index (χ1v) is 9.13. The Kier molecular flexibility index (Phi) is 5.69. The zero-order valence-electron chi connectivity index (χ0n) is 14.8. The van der Waals surface area contributed by atoms with Gasteiger partial charge in [0.15, 0.2) is 0 Å². The molecule has 6 nitrogen and oxygen atoms in total. The van der Waals surface area contributed by atoms with Crippen LogP contribution >= 0.6 is 0 Å². The maximum Gasteiger partial charge on any atom is 0.264 e. The number of methoxy groups -OCH3 is 1. The van der Waals surface area contributed by atoms with E-state index in [1.54, 1.807) is 50.5 Å². The SMILES string of the molecule is COc1cccc(N(CC(=O)N(C)C)S(=O)(=O)c2ccc(C)cc2)c1. The Morgan fingerprint density at radius 2 is 1.72 bits per heavy atom. The zero-order valence-corrected chi connectivity index (χ0v) is 15.6. The molecule has 134 valence electrons. The normalized spacial score (nSPS) is 11.0. The smallest absolute Gasteiger partial charge is 0.264 e. The third kappa shape index (κ3) is 4.30. The highest BCUT2D eigenvalue weighted by atomic mass is 32.2. The maximum atomic E-state index is 13.1. The molecule has 0 spiro atoms. The molecule has 0 aliphatic heterocycles. The molecular formula is C18H22N2O4S. The molecule has 25 heavy (non-hydrogen) atoms. The van der Waals surface area contributed by atoms with Crippen LogP contribution in [0.1, 0.15) is 5.56 Å². The van der Waals surface area contributed by atoms with Crippen LogP contribution in [-0.4, -0.2) is 47.0 Å². The molecule has 0 bridgehead atoms. The Hall–Kier alpha value is -2.54. The minimum Gasteiger partial charge on any atom is -0.497 e. The molecule has 7 heteroatoms. The van der Waals surface area contributed by atoms with Crippen molar-refractivity contribution >= 4 is 21.6 Å². The number of anilines is 1. The average molecular weight is 362 g/mol. The number of carbonyl (C=O) groups is 1. The topological polar surface area (TPSA) is 66.9 Å². The monoisotopic (exact) mass is 362 g/mol. The average Bonchev–Trinajstić information content (AvgIpc) is 2.59. The van der Waals surface area contributed by atoms with Gasteiger partial charge in [-0.05, 0) is 31.2 Å². The summed E-state index contributed by atoms with van der Waals surface area (Å²) in [4.78, 5) is 13.7. The van der Waals surface area contributed by atoms with Crippen molar-refractivity contribution in [3.63, 3.8) is 0 Å². The number of sulfonamides is 1. The van der Waals surface area contributed by atoms with Gasteiger partial charge < -0.3 is 9.64 Å². The fourth-order valence-electron chi connectivity index (χ4n) is 2.18. The van der Waals surface area contributed by atoms with E-state index in [1.807, 2.05) is 6.92 Å². The van der Waals surface area contributed by atoms with Crippen LogP contribution in [0.15, 0.2) is 53.4 Å². The largest absolute Gasteiger partial charge is 0.497 e. The van der Waals surface area contributed by atoms with Crippen molar-refractivity contribution in [3.8, 4) is 5.75 Å². The molecule has 0 aliphatic rings. The van der Waals surface area contributed by atoms with Crippen molar-refractivity contribution in [2.45, 2.75) is 11.8 Å². The van der Waals surface area contributed by atoms with Gasteiger partial charge >= 0.3 is 0 Å². The fourth-order valence-corrected chi connectivity index (χ4v) is 3.59. The van der Waals surface area contributed by atoms with Crippen LogP contribution in [0, 0.1) is 6.92 Å². The Labute approximate surface area is 148 Å². The highest BCUT2D eigenvalue weighted by Crippen LogP contribution is 2.27. The lowest BCUT2D eigenvalue weighted by atomic mass is 10.2. The van der Waals surface area contributed by atoms with Crippen LogP contribution in [0.5, 0.6) is 5.75 Å². The van der Waals surface area contributed by atoms with Crippen molar-refractivity contribution in [1.29, 1.82) is 0 Å². The molecule has 2 rings (SSSR count). The van der Waals surface area contributed by atoms with Crippen LogP contribution in [0.4, 0.5) is 5.69 Å². The van der Waals surface area contributed by atoms with Gasteiger partial charge in [0.2, 0.25) is 5.91 Å². The first-order chi connectivity index (χ1) is 11.8. The van der Waals surface area contributed by atoms with E-state index >= 15 is 0 Å². The fraction of sp³-hybridized carbons (Fsp3) is 0.278. The highest BCUT2D eigenvalue weighted by Gasteiger charge is 2.28. The van der Waals surface area contributed by atoms with Crippen molar-refractivity contribution in [3.05, 3.63) is 54.1 Å². The Bertz CT molecular complexity index is 846. The molecular weight excluding hydrogens is 340 g/mol. The molecule has 0 N–H and O–H groups in total. The number of hydrogen-bond acceptors (Lipinski definition) is 4. The summed E-state index contributed by atoms with van der Waals surface area (Å²) in [5.74, 6) is 0.192. The van der Waals surface area contributed by atoms with Gasteiger partial charge in [-0.15, -0.1) is 0 Å². The highest BCUT2D eigenvalue weighted by molar-refractivity contribution is 7.92. The summed E-state index contributed by atoms with van der Waals surface area (Å²) in [5, 5.41) is 0. The number of likely N-dealkylation sites (N-methyl/N-ethyl adjacent to an activating group) is 1. The van der Waals surface area contributed by atoms with Crippen molar-refractivity contribution in [2.24, 2.45) is 0 Å². The number of ether oxygens (including phenoxy) is 1.